The third-order valence-corrected chi connectivity index (χ3v) is 7.27. The van der Waals surface area contributed by atoms with Gasteiger partial charge in [-0.15, -0.1) is 18.5 Å². The molecule has 0 amide bonds. The second-order valence-corrected chi connectivity index (χ2v) is 9.93. The lowest BCUT2D eigenvalue weighted by molar-refractivity contribution is -0.981. The van der Waals surface area contributed by atoms with Gasteiger partial charge in [0.1, 0.15) is 37.9 Å². The van der Waals surface area contributed by atoms with Crippen LogP contribution in [0.2, 0.25) is 0 Å². The predicted octanol–water partition coefficient (Wildman–Crippen LogP) is 0.963. The molecule has 10 nitrogen and oxygen atoms in total. The van der Waals surface area contributed by atoms with Gasteiger partial charge < -0.3 is 0 Å². The van der Waals surface area contributed by atoms with E-state index >= 15 is 0 Å². The molecular weight excluding hydrogens is 456 g/mol. The fourth-order valence-corrected chi connectivity index (χ4v) is 5.81. The monoisotopic (exact) mass is 485 g/mol. The molecule has 1 aromatic carbocycles. The van der Waals surface area contributed by atoms with Gasteiger partial charge in [-0.05, 0) is 31.5 Å². The number of fused-ring (bicyclic) bond motifs is 5. The number of aromatic nitrogens is 4. The van der Waals surface area contributed by atoms with E-state index in [4.69, 9.17) is 10.2 Å². The van der Waals surface area contributed by atoms with E-state index in [1.54, 1.807) is 13.8 Å². The number of hydrogen-bond acceptors (Lipinski definition) is 6. The van der Waals surface area contributed by atoms with E-state index in [2.05, 4.69) is 47.8 Å². The quantitative estimate of drug-likeness (QED) is 0.151. The maximum absolute atomic E-state index is 11.9. The number of carbonyl (C=O) groups excluding carboxylic acids is 2. The number of rotatable bonds is 10. The number of nitrogens with two attached hydrogens (primary N) is 1. The fraction of sp³-hybridized carbons (Fsp3) is 0.391. The Morgan fingerprint density at radius 3 is 2.26 bits per heavy atom. The standard InChI is InChI=1S/C23H29N6O4S/c1-17(30)13-25-7-9-27-21(25)15-29(11-6-19-4-3-5-20(12-19)34-33-32-24)16-22-26(14-18(2)31)8-10-28(22)23(27)29/h3-5,7-10,12,23H,6,11,13-16,24H2,1-2H3/q+3. The predicted molar refractivity (Wildman–Crippen MR) is 120 cm³/mol. The molecular formula is C23H29N6O4S+3. The van der Waals surface area contributed by atoms with Crippen LogP contribution in [-0.2, 0) is 51.5 Å². The third-order valence-electron chi connectivity index (χ3n) is 6.67. The number of hydrogen-bond donors (Lipinski definition) is 1. The van der Waals surface area contributed by atoms with E-state index in [-0.39, 0.29) is 17.9 Å². The zero-order valence-corrected chi connectivity index (χ0v) is 20.1. The van der Waals surface area contributed by atoms with Crippen LogP contribution in [-0.4, -0.2) is 31.7 Å². The van der Waals surface area contributed by atoms with Crippen LogP contribution >= 0.6 is 12.0 Å². The van der Waals surface area contributed by atoms with Gasteiger partial charge in [0.15, 0.2) is 24.7 Å². The van der Waals surface area contributed by atoms with Crippen LogP contribution in [0.3, 0.4) is 0 Å². The number of benzene rings is 1. The van der Waals surface area contributed by atoms with Crippen molar-refractivity contribution >= 4 is 23.6 Å². The van der Waals surface area contributed by atoms with Crippen molar-refractivity contribution in [1.29, 1.82) is 0 Å². The molecule has 34 heavy (non-hydrogen) atoms. The molecule has 2 aliphatic rings. The molecule has 0 saturated carbocycles. The minimum absolute atomic E-state index is 0.0537. The van der Waals surface area contributed by atoms with Crippen LogP contribution < -0.4 is 15.0 Å². The molecule has 0 bridgehead atoms. The zero-order valence-electron chi connectivity index (χ0n) is 19.3. The summed E-state index contributed by atoms with van der Waals surface area (Å²) in [6, 6.07) is 8.13. The van der Waals surface area contributed by atoms with E-state index in [0.29, 0.717) is 13.1 Å². The Labute approximate surface area is 201 Å². The van der Waals surface area contributed by atoms with E-state index in [9.17, 15) is 9.59 Å². The normalized spacial score (nSPS) is 20.3. The molecule has 0 unspecified atom stereocenters. The van der Waals surface area contributed by atoms with Gasteiger partial charge in [-0.3, -0.25) is 9.59 Å². The topological polar surface area (TPSA) is 96.2 Å². The largest absolute Gasteiger partial charge is 0.380 e. The number of imidazole rings is 2. The molecule has 0 fully saturated rings. The first-order valence-electron chi connectivity index (χ1n) is 11.2. The molecule has 0 spiro atoms. The van der Waals surface area contributed by atoms with E-state index in [0.717, 1.165) is 59.1 Å². The average Bonchev–Trinajstić information content (AvgIpc) is 3.50. The summed E-state index contributed by atoms with van der Waals surface area (Å²) in [4.78, 5) is 28.8. The number of nitrogens with zero attached hydrogens (tertiary/aromatic N) is 5. The molecule has 0 saturated heterocycles. The highest BCUT2D eigenvalue weighted by atomic mass is 32.2. The molecule has 5 rings (SSSR count). The van der Waals surface area contributed by atoms with E-state index in [1.807, 2.05) is 24.5 Å². The molecule has 0 atom stereocenters. The first-order valence-corrected chi connectivity index (χ1v) is 12.0. The molecule has 4 heterocycles. The number of ketones is 2. The van der Waals surface area contributed by atoms with Gasteiger partial charge in [-0.1, -0.05) is 12.1 Å². The van der Waals surface area contributed by atoms with Crippen molar-refractivity contribution in [2.24, 2.45) is 5.90 Å². The highest BCUT2D eigenvalue weighted by Crippen LogP contribution is 2.42. The highest BCUT2D eigenvalue weighted by Gasteiger charge is 2.62. The molecule has 3 aromatic rings. The lowest BCUT2D eigenvalue weighted by Gasteiger charge is -2.28. The third kappa shape index (κ3) is 4.10. The van der Waals surface area contributed by atoms with Crippen molar-refractivity contribution in [2.45, 2.75) is 57.6 Å². The molecule has 0 radical (unpaired) electrons. The SMILES string of the molecule is CC(=O)C[n+]1ccn2c1C[N+]1(CCc3cccc(SOON)c3)Cc3n(cc[n+]3CC(C)=O)C21. The maximum Gasteiger partial charge on any atom is 0.380 e. The van der Waals surface area contributed by atoms with Crippen molar-refractivity contribution in [2.75, 3.05) is 6.54 Å². The van der Waals surface area contributed by atoms with Crippen molar-refractivity contribution in [3.63, 3.8) is 0 Å². The highest BCUT2D eigenvalue weighted by molar-refractivity contribution is 7.94. The van der Waals surface area contributed by atoms with E-state index in [1.165, 1.54) is 5.56 Å². The molecule has 2 aliphatic heterocycles. The maximum atomic E-state index is 11.9. The fourth-order valence-electron chi connectivity index (χ4n) is 5.36. The van der Waals surface area contributed by atoms with Gasteiger partial charge in [-0.2, -0.15) is 5.90 Å². The molecule has 2 N–H and O–H groups in total. The van der Waals surface area contributed by atoms with Crippen LogP contribution in [0.15, 0.2) is 53.9 Å². The average molecular weight is 486 g/mol. The first-order chi connectivity index (χ1) is 16.4. The number of quaternary nitrogens is 1. The van der Waals surface area contributed by atoms with Crippen LogP contribution in [0.25, 0.3) is 0 Å². The summed E-state index contributed by atoms with van der Waals surface area (Å²) in [7, 11) is 0. The summed E-state index contributed by atoms with van der Waals surface area (Å²) in [5.41, 5.74) is 1.19. The summed E-state index contributed by atoms with van der Waals surface area (Å²) in [6.07, 6.45) is 9.07. The van der Waals surface area contributed by atoms with Crippen LogP contribution in [0.4, 0.5) is 0 Å². The van der Waals surface area contributed by atoms with Gasteiger partial charge in [0.2, 0.25) is 0 Å². The van der Waals surface area contributed by atoms with Gasteiger partial charge in [0.25, 0.3) is 0 Å². The Bertz CT molecular complexity index is 1190. The minimum atomic E-state index is 0.0537. The molecule has 178 valence electrons. The summed E-state index contributed by atoms with van der Waals surface area (Å²) in [5.74, 6) is 7.53. The van der Waals surface area contributed by atoms with Crippen molar-refractivity contribution in [3.05, 3.63) is 66.3 Å². The van der Waals surface area contributed by atoms with Crippen molar-refractivity contribution < 1.29 is 32.5 Å². The van der Waals surface area contributed by atoms with Crippen LogP contribution in [0.1, 0.15) is 37.3 Å². The molecule has 0 aliphatic carbocycles. The van der Waals surface area contributed by atoms with Crippen molar-refractivity contribution in [3.8, 4) is 0 Å². The van der Waals surface area contributed by atoms with Crippen LogP contribution in [0.5, 0.6) is 0 Å². The Kier molecular flexibility index (Phi) is 6.13. The summed E-state index contributed by atoms with van der Waals surface area (Å²) in [5, 5.41) is 0. The lowest BCUT2D eigenvalue weighted by atomic mass is 10.1. The first kappa shape index (κ1) is 22.9. The number of Topliss-reactive ketones (excluding diaryl/α,β-unsaturated/α-hetero) is 2. The van der Waals surface area contributed by atoms with Gasteiger partial charge in [-0.25, -0.2) is 13.6 Å². The minimum Gasteiger partial charge on any atom is -0.296 e. The molecule has 11 heteroatoms. The van der Waals surface area contributed by atoms with E-state index < -0.39 is 0 Å². The van der Waals surface area contributed by atoms with Gasteiger partial charge in [0.05, 0.1) is 18.6 Å². The lowest BCUT2D eigenvalue weighted by Crippen LogP contribution is -2.48. The Hall–Kier alpha value is -2.83. The molecule has 2 aromatic heterocycles. The summed E-state index contributed by atoms with van der Waals surface area (Å²) < 4.78 is 14.3. The Morgan fingerprint density at radius 2 is 1.71 bits per heavy atom. The van der Waals surface area contributed by atoms with Crippen molar-refractivity contribution in [1.82, 2.24) is 9.13 Å². The Morgan fingerprint density at radius 1 is 1.09 bits per heavy atom. The smallest absolute Gasteiger partial charge is 0.296 e. The van der Waals surface area contributed by atoms with Gasteiger partial charge in [0, 0.05) is 11.3 Å². The Balaban J connectivity index is 1.46. The number of carbonyl (C=O) groups is 2. The summed E-state index contributed by atoms with van der Waals surface area (Å²) in [6.45, 7) is 6.51. The second kappa shape index (κ2) is 9.08. The zero-order chi connectivity index (χ0) is 23.9. The van der Waals surface area contributed by atoms with Crippen LogP contribution in [0, 0.1) is 0 Å². The second-order valence-electron chi connectivity index (χ2n) is 9.15. The van der Waals surface area contributed by atoms with Gasteiger partial charge >= 0.3 is 17.9 Å². The summed E-state index contributed by atoms with van der Waals surface area (Å²) >= 11 is 1.08.